The number of benzene rings is 1. The summed E-state index contributed by atoms with van der Waals surface area (Å²) in [6.45, 7) is 11.4. The number of hydrogen-bond donors (Lipinski definition) is 1. The third-order valence-corrected chi connectivity index (χ3v) is 4.75. The number of nitrogens with zero attached hydrogens (tertiary/aromatic N) is 4. The van der Waals surface area contributed by atoms with Crippen LogP contribution in [0.2, 0.25) is 0 Å². The van der Waals surface area contributed by atoms with Crippen LogP contribution in [0.1, 0.15) is 33.3 Å². The highest BCUT2D eigenvalue weighted by Gasteiger charge is 2.23. The summed E-state index contributed by atoms with van der Waals surface area (Å²) >= 11 is 0. The molecule has 0 atom stereocenters. The van der Waals surface area contributed by atoms with Crippen molar-refractivity contribution in [2.75, 3.05) is 43.0 Å². The van der Waals surface area contributed by atoms with E-state index in [-0.39, 0.29) is 11.5 Å². The van der Waals surface area contributed by atoms with Crippen LogP contribution < -0.4 is 10.2 Å². The van der Waals surface area contributed by atoms with Crippen LogP contribution in [-0.2, 0) is 10.2 Å². The highest BCUT2D eigenvalue weighted by molar-refractivity contribution is 5.68. The third kappa shape index (κ3) is 4.91. The Morgan fingerprint density at radius 1 is 1.11 bits per heavy atom. The average molecular weight is 383 g/mol. The summed E-state index contributed by atoms with van der Waals surface area (Å²) in [4.78, 5) is 24.7. The average Bonchev–Trinajstić information content (AvgIpc) is 2.68. The van der Waals surface area contributed by atoms with E-state index in [1.165, 1.54) is 5.56 Å². The lowest BCUT2D eigenvalue weighted by Gasteiger charge is -2.34. The van der Waals surface area contributed by atoms with E-state index >= 15 is 0 Å². The van der Waals surface area contributed by atoms with Crippen LogP contribution >= 0.6 is 0 Å². The SMILES string of the molecule is CCOC(=O)N1CCN(c2nccc(Nc3ccc(C(C)(C)C)cc3)n2)CC1. The number of hydrogen-bond acceptors (Lipinski definition) is 6. The van der Waals surface area contributed by atoms with Gasteiger partial charge in [-0.15, -0.1) is 0 Å². The van der Waals surface area contributed by atoms with Gasteiger partial charge in [0, 0.05) is 38.1 Å². The van der Waals surface area contributed by atoms with Crippen LogP contribution in [0.3, 0.4) is 0 Å². The molecule has 0 unspecified atom stereocenters. The molecule has 1 fully saturated rings. The predicted octanol–water partition coefficient (Wildman–Crippen LogP) is 3.80. The molecule has 1 aromatic heterocycles. The molecule has 2 aromatic rings. The van der Waals surface area contributed by atoms with Crippen LogP contribution in [0, 0.1) is 0 Å². The second-order valence-electron chi connectivity index (χ2n) is 7.87. The van der Waals surface area contributed by atoms with Crippen LogP contribution in [-0.4, -0.2) is 53.7 Å². The molecule has 28 heavy (non-hydrogen) atoms. The van der Waals surface area contributed by atoms with Gasteiger partial charge in [-0.3, -0.25) is 0 Å². The fourth-order valence-electron chi connectivity index (χ4n) is 3.08. The van der Waals surface area contributed by atoms with Gasteiger partial charge in [0.15, 0.2) is 0 Å². The minimum absolute atomic E-state index is 0.131. The van der Waals surface area contributed by atoms with Gasteiger partial charge < -0.3 is 19.9 Å². The van der Waals surface area contributed by atoms with Gasteiger partial charge in [-0.05, 0) is 36.1 Å². The molecule has 1 amide bonds. The third-order valence-electron chi connectivity index (χ3n) is 4.75. The maximum Gasteiger partial charge on any atom is 0.409 e. The lowest BCUT2D eigenvalue weighted by Crippen LogP contribution is -2.49. The summed E-state index contributed by atoms with van der Waals surface area (Å²) in [5.74, 6) is 1.42. The molecule has 7 heteroatoms. The molecule has 1 aliphatic heterocycles. The van der Waals surface area contributed by atoms with Crippen LogP contribution in [0.25, 0.3) is 0 Å². The summed E-state index contributed by atoms with van der Waals surface area (Å²) < 4.78 is 5.06. The van der Waals surface area contributed by atoms with E-state index in [0.29, 0.717) is 38.7 Å². The van der Waals surface area contributed by atoms with Crippen molar-refractivity contribution in [2.45, 2.75) is 33.1 Å². The second-order valence-corrected chi connectivity index (χ2v) is 7.87. The zero-order valence-corrected chi connectivity index (χ0v) is 17.1. The summed E-state index contributed by atoms with van der Waals surface area (Å²) in [6, 6.07) is 10.3. The van der Waals surface area contributed by atoms with Gasteiger partial charge in [-0.2, -0.15) is 4.98 Å². The molecule has 1 N–H and O–H groups in total. The van der Waals surface area contributed by atoms with E-state index < -0.39 is 0 Å². The smallest absolute Gasteiger partial charge is 0.409 e. The van der Waals surface area contributed by atoms with Gasteiger partial charge in [-0.25, -0.2) is 9.78 Å². The summed E-state index contributed by atoms with van der Waals surface area (Å²) in [6.07, 6.45) is 1.50. The molecular formula is C21H29N5O2. The zero-order valence-electron chi connectivity index (χ0n) is 17.1. The maximum atomic E-state index is 11.8. The normalized spacial score (nSPS) is 14.7. The van der Waals surface area contributed by atoms with E-state index in [9.17, 15) is 4.79 Å². The highest BCUT2D eigenvalue weighted by atomic mass is 16.6. The van der Waals surface area contributed by atoms with Crippen LogP contribution in [0.15, 0.2) is 36.5 Å². The van der Waals surface area contributed by atoms with Gasteiger partial charge in [0.05, 0.1) is 6.61 Å². The zero-order chi connectivity index (χ0) is 20.1. The quantitative estimate of drug-likeness (QED) is 0.866. The summed E-state index contributed by atoms with van der Waals surface area (Å²) in [5, 5.41) is 3.34. The van der Waals surface area contributed by atoms with Crippen molar-refractivity contribution in [1.29, 1.82) is 0 Å². The van der Waals surface area contributed by atoms with E-state index in [1.54, 1.807) is 11.1 Å². The first kappa shape index (κ1) is 19.9. The molecule has 3 rings (SSSR count). The lowest BCUT2D eigenvalue weighted by atomic mass is 9.87. The molecule has 0 bridgehead atoms. The number of rotatable bonds is 4. The van der Waals surface area contributed by atoms with Crippen LogP contribution in [0.5, 0.6) is 0 Å². The van der Waals surface area contributed by atoms with Gasteiger partial charge in [-0.1, -0.05) is 32.9 Å². The topological polar surface area (TPSA) is 70.6 Å². The summed E-state index contributed by atoms with van der Waals surface area (Å²) in [7, 11) is 0. The molecule has 150 valence electrons. The van der Waals surface area contributed by atoms with E-state index in [0.717, 1.165) is 11.5 Å². The molecule has 0 saturated carbocycles. The Balaban J connectivity index is 1.62. The molecule has 1 aromatic carbocycles. The Kier molecular flexibility index (Phi) is 6.02. The number of nitrogens with one attached hydrogen (secondary N) is 1. The van der Waals surface area contributed by atoms with Crippen molar-refractivity contribution in [1.82, 2.24) is 14.9 Å². The van der Waals surface area contributed by atoms with Gasteiger partial charge in [0.2, 0.25) is 5.95 Å². The number of amides is 1. The molecule has 7 nitrogen and oxygen atoms in total. The Morgan fingerprint density at radius 2 is 1.79 bits per heavy atom. The molecule has 1 saturated heterocycles. The van der Waals surface area contributed by atoms with Gasteiger partial charge >= 0.3 is 6.09 Å². The van der Waals surface area contributed by atoms with Crippen molar-refractivity contribution in [3.63, 3.8) is 0 Å². The first-order valence-electron chi connectivity index (χ1n) is 9.74. The Morgan fingerprint density at radius 3 is 2.39 bits per heavy atom. The molecule has 0 radical (unpaired) electrons. The largest absolute Gasteiger partial charge is 0.450 e. The molecule has 1 aliphatic rings. The Labute approximate surface area is 166 Å². The van der Waals surface area contributed by atoms with Gasteiger partial charge in [0.25, 0.3) is 0 Å². The molecule has 0 aliphatic carbocycles. The highest BCUT2D eigenvalue weighted by Crippen LogP contribution is 2.25. The van der Waals surface area contributed by atoms with E-state index in [2.05, 4.69) is 65.2 Å². The molecular weight excluding hydrogens is 354 g/mol. The minimum atomic E-state index is -0.253. The Hall–Kier alpha value is -2.83. The number of ether oxygens (including phenoxy) is 1. The van der Waals surface area contributed by atoms with Crippen molar-refractivity contribution in [3.05, 3.63) is 42.1 Å². The maximum absolute atomic E-state index is 11.8. The van der Waals surface area contributed by atoms with E-state index in [1.807, 2.05) is 13.0 Å². The molecule has 0 spiro atoms. The number of carbonyl (C=O) groups excluding carboxylic acids is 1. The summed E-state index contributed by atoms with van der Waals surface area (Å²) in [5.41, 5.74) is 2.41. The van der Waals surface area contributed by atoms with Crippen molar-refractivity contribution in [2.24, 2.45) is 0 Å². The van der Waals surface area contributed by atoms with Gasteiger partial charge in [0.1, 0.15) is 5.82 Å². The molecule has 2 heterocycles. The fourth-order valence-corrected chi connectivity index (χ4v) is 3.08. The van der Waals surface area contributed by atoms with Crippen molar-refractivity contribution < 1.29 is 9.53 Å². The predicted molar refractivity (Wildman–Crippen MR) is 111 cm³/mol. The van der Waals surface area contributed by atoms with Crippen molar-refractivity contribution >= 4 is 23.5 Å². The lowest BCUT2D eigenvalue weighted by molar-refractivity contribution is 0.105. The number of aromatic nitrogens is 2. The standard InChI is InChI=1S/C21H29N5O2/c1-5-28-20(27)26-14-12-25(13-15-26)19-22-11-10-18(24-19)23-17-8-6-16(7-9-17)21(2,3)4/h6-11H,5,12-15H2,1-4H3,(H,22,23,24). The first-order chi connectivity index (χ1) is 13.4. The minimum Gasteiger partial charge on any atom is -0.450 e. The fraction of sp³-hybridized carbons (Fsp3) is 0.476. The second kappa shape index (κ2) is 8.46. The number of carbonyl (C=O) groups is 1. The van der Waals surface area contributed by atoms with E-state index in [4.69, 9.17) is 4.74 Å². The monoisotopic (exact) mass is 383 g/mol. The van der Waals surface area contributed by atoms with Crippen molar-refractivity contribution in [3.8, 4) is 0 Å². The first-order valence-corrected chi connectivity index (χ1v) is 9.74. The Bertz CT molecular complexity index is 793. The number of anilines is 3. The number of piperazine rings is 1. The van der Waals surface area contributed by atoms with Crippen LogP contribution in [0.4, 0.5) is 22.2 Å².